The van der Waals surface area contributed by atoms with Gasteiger partial charge in [0.2, 0.25) is 10.0 Å². The highest BCUT2D eigenvalue weighted by molar-refractivity contribution is 7.89. The number of nitrogens with zero attached hydrogens (tertiary/aromatic N) is 3. The summed E-state index contributed by atoms with van der Waals surface area (Å²) in [5.41, 5.74) is 1.78. The Balaban J connectivity index is 1.58. The number of esters is 1. The third-order valence-corrected chi connectivity index (χ3v) is 6.51. The summed E-state index contributed by atoms with van der Waals surface area (Å²) in [4.78, 5) is 16.3. The summed E-state index contributed by atoms with van der Waals surface area (Å²) in [5, 5.41) is 0. The topological polar surface area (TPSA) is 81.5 Å². The number of rotatable bonds is 4. The van der Waals surface area contributed by atoms with E-state index in [0.29, 0.717) is 11.1 Å². The van der Waals surface area contributed by atoms with E-state index in [4.69, 9.17) is 4.74 Å². The largest absolute Gasteiger partial charge is 0.457 e. The van der Waals surface area contributed by atoms with Gasteiger partial charge >= 0.3 is 5.97 Å². The van der Waals surface area contributed by atoms with Crippen molar-refractivity contribution in [2.75, 3.05) is 7.05 Å². The summed E-state index contributed by atoms with van der Waals surface area (Å²) in [6, 6.07) is 4.55. The van der Waals surface area contributed by atoms with Gasteiger partial charge in [-0.15, -0.1) is 0 Å². The van der Waals surface area contributed by atoms with Crippen LogP contribution in [0.25, 0.3) is 0 Å². The Hall–Kier alpha value is -2.19. The van der Waals surface area contributed by atoms with E-state index in [1.165, 1.54) is 23.5 Å². The summed E-state index contributed by atoms with van der Waals surface area (Å²) in [6.07, 6.45) is 5.11. The molecule has 2 aliphatic rings. The lowest BCUT2D eigenvalue weighted by Gasteiger charge is -2.16. The lowest BCUT2D eigenvalue weighted by Crippen LogP contribution is -2.26. The fraction of sp³-hybridized carbons (Fsp3) is 0.412. The standard InChI is InChI=1S/C17H19N3O4S/c1-19(9-13-10-20-7-3-2-4-16(20)18-13)25(22,23)14-6-5-12-11-24-17(21)15(12)8-14/h5-6,8,10H,2-4,7,9,11H2,1H3. The van der Waals surface area contributed by atoms with Crippen LogP contribution >= 0.6 is 0 Å². The number of carbonyl (C=O) groups excluding carboxylic acids is 1. The van der Waals surface area contributed by atoms with Crippen LogP contribution in [0.3, 0.4) is 0 Å². The second-order valence-corrected chi connectivity index (χ2v) is 8.50. The number of aryl methyl sites for hydroxylation is 2. The normalized spacial score (nSPS) is 16.6. The SMILES string of the molecule is CN(Cc1cn2c(n1)CCCC2)S(=O)(=O)c1ccc2c(c1)C(=O)OC2. The van der Waals surface area contributed by atoms with Crippen LogP contribution in [0, 0.1) is 0 Å². The molecule has 0 saturated heterocycles. The molecule has 7 nitrogen and oxygen atoms in total. The zero-order chi connectivity index (χ0) is 17.6. The van der Waals surface area contributed by atoms with Crippen LogP contribution in [0.5, 0.6) is 0 Å². The van der Waals surface area contributed by atoms with Crippen molar-refractivity contribution in [3.05, 3.63) is 47.0 Å². The quantitative estimate of drug-likeness (QED) is 0.775. The maximum atomic E-state index is 12.8. The van der Waals surface area contributed by atoms with E-state index < -0.39 is 16.0 Å². The van der Waals surface area contributed by atoms with Crippen LogP contribution < -0.4 is 0 Å². The molecule has 4 rings (SSSR count). The summed E-state index contributed by atoms with van der Waals surface area (Å²) in [7, 11) is -2.18. The molecule has 1 aromatic heterocycles. The lowest BCUT2D eigenvalue weighted by atomic mass is 10.1. The van der Waals surface area contributed by atoms with E-state index in [0.717, 1.165) is 37.3 Å². The molecule has 1 aromatic carbocycles. The predicted molar refractivity (Wildman–Crippen MR) is 89.4 cm³/mol. The van der Waals surface area contributed by atoms with E-state index in [1.54, 1.807) is 6.07 Å². The molecule has 8 heteroatoms. The molecule has 0 atom stereocenters. The van der Waals surface area contributed by atoms with Crippen LogP contribution in [-0.4, -0.2) is 35.3 Å². The number of hydrogen-bond acceptors (Lipinski definition) is 5. The van der Waals surface area contributed by atoms with Crippen molar-refractivity contribution >= 4 is 16.0 Å². The van der Waals surface area contributed by atoms with E-state index in [-0.39, 0.29) is 18.0 Å². The van der Waals surface area contributed by atoms with Gasteiger partial charge in [-0.2, -0.15) is 4.31 Å². The number of fused-ring (bicyclic) bond motifs is 2. The predicted octanol–water partition coefficient (Wildman–Crippen LogP) is 1.71. The van der Waals surface area contributed by atoms with E-state index in [2.05, 4.69) is 9.55 Å². The third-order valence-electron chi connectivity index (χ3n) is 4.71. The van der Waals surface area contributed by atoms with Gasteiger partial charge in [0.15, 0.2) is 0 Å². The summed E-state index contributed by atoms with van der Waals surface area (Å²) in [6.45, 7) is 1.33. The van der Waals surface area contributed by atoms with Gasteiger partial charge in [0.1, 0.15) is 12.4 Å². The highest BCUT2D eigenvalue weighted by atomic mass is 32.2. The summed E-state index contributed by atoms with van der Waals surface area (Å²) < 4.78 is 34.0. The van der Waals surface area contributed by atoms with E-state index >= 15 is 0 Å². The molecule has 2 aromatic rings. The van der Waals surface area contributed by atoms with Crippen LogP contribution in [0.15, 0.2) is 29.3 Å². The van der Waals surface area contributed by atoms with E-state index in [9.17, 15) is 13.2 Å². The number of benzene rings is 1. The Bertz CT molecular complexity index is 925. The van der Waals surface area contributed by atoms with Crippen molar-refractivity contribution in [2.45, 2.75) is 43.9 Å². The van der Waals surface area contributed by atoms with Gasteiger partial charge in [0.25, 0.3) is 0 Å². The second kappa shape index (κ2) is 5.96. The van der Waals surface area contributed by atoms with Gasteiger partial charge in [0.05, 0.1) is 22.7 Å². The lowest BCUT2D eigenvalue weighted by molar-refractivity contribution is 0.0535. The zero-order valence-electron chi connectivity index (χ0n) is 13.9. The number of ether oxygens (including phenoxy) is 1. The van der Waals surface area contributed by atoms with Crippen molar-refractivity contribution in [1.29, 1.82) is 0 Å². The Morgan fingerprint density at radius 1 is 1.32 bits per heavy atom. The molecule has 0 amide bonds. The Kier molecular flexibility index (Phi) is 3.88. The number of hydrogen-bond donors (Lipinski definition) is 0. The second-order valence-electron chi connectivity index (χ2n) is 6.46. The minimum Gasteiger partial charge on any atom is -0.457 e. The van der Waals surface area contributed by atoms with Gasteiger partial charge in [-0.25, -0.2) is 18.2 Å². The molecule has 0 spiro atoms. The molecule has 132 valence electrons. The summed E-state index contributed by atoms with van der Waals surface area (Å²) >= 11 is 0. The fourth-order valence-corrected chi connectivity index (χ4v) is 4.46. The third kappa shape index (κ3) is 2.85. The number of sulfonamides is 1. The van der Waals surface area contributed by atoms with Gasteiger partial charge in [0, 0.05) is 31.8 Å². The highest BCUT2D eigenvalue weighted by Crippen LogP contribution is 2.25. The molecule has 25 heavy (non-hydrogen) atoms. The molecule has 3 heterocycles. The average molecular weight is 361 g/mol. The minimum absolute atomic E-state index is 0.0940. The first-order valence-corrected chi connectivity index (χ1v) is 9.70. The van der Waals surface area contributed by atoms with Crippen LogP contribution in [0.2, 0.25) is 0 Å². The van der Waals surface area contributed by atoms with Gasteiger partial charge in [-0.05, 0) is 25.0 Å². The molecular weight excluding hydrogens is 342 g/mol. The van der Waals surface area contributed by atoms with Crippen LogP contribution in [0.4, 0.5) is 0 Å². The molecule has 0 radical (unpaired) electrons. The molecule has 0 unspecified atom stereocenters. The molecule has 0 fully saturated rings. The smallest absolute Gasteiger partial charge is 0.338 e. The van der Waals surface area contributed by atoms with Crippen molar-refractivity contribution in [3.63, 3.8) is 0 Å². The molecule has 0 saturated carbocycles. The first-order chi connectivity index (χ1) is 11.9. The first-order valence-electron chi connectivity index (χ1n) is 8.26. The van der Waals surface area contributed by atoms with Crippen molar-refractivity contribution < 1.29 is 17.9 Å². The highest BCUT2D eigenvalue weighted by Gasteiger charge is 2.27. The van der Waals surface area contributed by atoms with Crippen molar-refractivity contribution in [1.82, 2.24) is 13.9 Å². The van der Waals surface area contributed by atoms with Gasteiger partial charge < -0.3 is 9.30 Å². The first kappa shape index (κ1) is 16.3. The zero-order valence-corrected chi connectivity index (χ0v) is 14.8. The molecular formula is C17H19N3O4S. The number of cyclic esters (lactones) is 1. The van der Waals surface area contributed by atoms with Crippen molar-refractivity contribution in [3.8, 4) is 0 Å². The van der Waals surface area contributed by atoms with Crippen molar-refractivity contribution in [2.24, 2.45) is 0 Å². The minimum atomic E-state index is -3.71. The molecule has 0 bridgehead atoms. The monoisotopic (exact) mass is 361 g/mol. The number of imidazole rings is 1. The molecule has 2 aliphatic heterocycles. The van der Waals surface area contributed by atoms with Gasteiger partial charge in [-0.1, -0.05) is 6.07 Å². The fourth-order valence-electron chi connectivity index (χ4n) is 3.29. The Morgan fingerprint density at radius 2 is 2.16 bits per heavy atom. The Labute approximate surface area is 146 Å². The van der Waals surface area contributed by atoms with Crippen LogP contribution in [-0.2, 0) is 40.9 Å². The van der Waals surface area contributed by atoms with Crippen LogP contribution in [0.1, 0.15) is 40.3 Å². The molecule has 0 aliphatic carbocycles. The number of carbonyl (C=O) groups is 1. The van der Waals surface area contributed by atoms with E-state index in [1.807, 2.05) is 6.20 Å². The van der Waals surface area contributed by atoms with Gasteiger partial charge in [-0.3, -0.25) is 0 Å². The summed E-state index contributed by atoms with van der Waals surface area (Å²) in [5.74, 6) is 0.545. The average Bonchev–Trinajstić information content (AvgIpc) is 3.17. The maximum Gasteiger partial charge on any atom is 0.338 e. The molecule has 0 N–H and O–H groups in total. The number of aromatic nitrogens is 2. The maximum absolute atomic E-state index is 12.8. The Morgan fingerprint density at radius 3 is 2.96 bits per heavy atom.